The van der Waals surface area contributed by atoms with E-state index in [1.165, 1.54) is 19.1 Å². The van der Waals surface area contributed by atoms with Gasteiger partial charge in [-0.2, -0.15) is 0 Å². The minimum Gasteiger partial charge on any atom is -0.404 e. The first kappa shape index (κ1) is 18.6. The number of halogens is 3. The second kappa shape index (κ2) is 5.96. The number of rotatable bonds is 3. The van der Waals surface area contributed by atoms with Crippen LogP contribution in [0.15, 0.2) is 18.2 Å². The van der Waals surface area contributed by atoms with Gasteiger partial charge in [-0.15, -0.1) is 13.2 Å². The lowest BCUT2D eigenvalue weighted by molar-refractivity contribution is -0.274. The molecule has 1 N–H and O–H groups in total. The number of nitrogens with one attached hydrogen (secondary N) is 1. The quantitative estimate of drug-likeness (QED) is 0.856. The van der Waals surface area contributed by atoms with Gasteiger partial charge >= 0.3 is 13.5 Å². The topological polar surface area (TPSA) is 56.8 Å². The maximum atomic E-state index is 12.6. The van der Waals surface area contributed by atoms with Gasteiger partial charge in [-0.3, -0.25) is 4.79 Å². The van der Waals surface area contributed by atoms with Crippen molar-refractivity contribution in [3.8, 4) is 5.75 Å². The molecule has 1 aliphatic heterocycles. The molecular formula is C15H19BF3NO4. The number of hydrogen-bond acceptors (Lipinski definition) is 4. The minimum atomic E-state index is -4.89. The van der Waals surface area contributed by atoms with Crippen LogP contribution < -0.4 is 15.5 Å². The Labute approximate surface area is 138 Å². The van der Waals surface area contributed by atoms with Crippen molar-refractivity contribution in [3.63, 3.8) is 0 Å². The molecule has 1 saturated heterocycles. The Morgan fingerprint density at radius 2 is 1.71 bits per heavy atom. The number of hydrogen-bond donors (Lipinski definition) is 1. The summed E-state index contributed by atoms with van der Waals surface area (Å²) in [6.07, 6.45) is -4.89. The third-order valence-electron chi connectivity index (χ3n) is 4.07. The molecule has 0 spiro atoms. The summed E-state index contributed by atoms with van der Waals surface area (Å²) in [7, 11) is -0.836. The second-order valence-corrected chi connectivity index (χ2v) is 6.57. The Kier molecular flexibility index (Phi) is 4.62. The molecule has 132 valence electrons. The van der Waals surface area contributed by atoms with E-state index >= 15 is 0 Å². The maximum Gasteiger partial charge on any atom is 0.573 e. The molecule has 1 heterocycles. The summed E-state index contributed by atoms with van der Waals surface area (Å²) in [5.41, 5.74) is -0.972. The van der Waals surface area contributed by atoms with Gasteiger partial charge in [0.2, 0.25) is 5.91 Å². The summed E-state index contributed by atoms with van der Waals surface area (Å²) in [4.78, 5) is 11.1. The smallest absolute Gasteiger partial charge is 0.404 e. The highest BCUT2D eigenvalue weighted by atomic mass is 19.4. The van der Waals surface area contributed by atoms with Crippen LogP contribution in [-0.4, -0.2) is 30.6 Å². The van der Waals surface area contributed by atoms with Crippen molar-refractivity contribution in [2.24, 2.45) is 0 Å². The van der Waals surface area contributed by atoms with Crippen LogP contribution in [-0.2, 0) is 14.1 Å². The van der Waals surface area contributed by atoms with E-state index in [1.54, 1.807) is 0 Å². The molecule has 24 heavy (non-hydrogen) atoms. The monoisotopic (exact) mass is 345 g/mol. The van der Waals surface area contributed by atoms with Crippen molar-refractivity contribution in [1.82, 2.24) is 0 Å². The van der Waals surface area contributed by atoms with Gasteiger partial charge in [0.25, 0.3) is 0 Å². The van der Waals surface area contributed by atoms with Gasteiger partial charge in [-0.05, 0) is 45.3 Å². The molecule has 2 rings (SSSR count). The number of carbonyl (C=O) groups is 1. The molecule has 0 atom stereocenters. The molecule has 1 aromatic carbocycles. The molecule has 0 aliphatic carbocycles. The van der Waals surface area contributed by atoms with E-state index in [0.717, 1.165) is 6.07 Å². The molecule has 1 aliphatic rings. The minimum absolute atomic E-state index is 0.0832. The predicted molar refractivity (Wildman–Crippen MR) is 83.1 cm³/mol. The number of ether oxygens (including phenoxy) is 1. The first-order chi connectivity index (χ1) is 10.8. The highest BCUT2D eigenvalue weighted by Crippen LogP contribution is 2.37. The lowest BCUT2D eigenvalue weighted by Gasteiger charge is -2.32. The fourth-order valence-electron chi connectivity index (χ4n) is 2.17. The Morgan fingerprint density at radius 3 is 2.17 bits per heavy atom. The van der Waals surface area contributed by atoms with Crippen LogP contribution in [0.2, 0.25) is 0 Å². The molecule has 5 nitrogen and oxygen atoms in total. The largest absolute Gasteiger partial charge is 0.573 e. The van der Waals surface area contributed by atoms with Crippen molar-refractivity contribution < 1.29 is 32.0 Å². The van der Waals surface area contributed by atoms with Crippen LogP contribution >= 0.6 is 0 Å². The van der Waals surface area contributed by atoms with Crippen LogP contribution in [0.25, 0.3) is 0 Å². The van der Waals surface area contributed by atoms with Gasteiger partial charge in [0.05, 0.1) is 16.9 Å². The molecule has 9 heteroatoms. The van der Waals surface area contributed by atoms with E-state index in [0.29, 0.717) is 5.46 Å². The van der Waals surface area contributed by atoms with Gasteiger partial charge in [0.1, 0.15) is 0 Å². The third kappa shape index (κ3) is 4.02. The number of benzene rings is 1. The molecular weight excluding hydrogens is 326 g/mol. The molecule has 1 amide bonds. The molecule has 1 aromatic rings. The van der Waals surface area contributed by atoms with Crippen LogP contribution in [0.3, 0.4) is 0 Å². The summed E-state index contributed by atoms with van der Waals surface area (Å²) >= 11 is 0. The lowest BCUT2D eigenvalue weighted by Crippen LogP contribution is -2.41. The summed E-state index contributed by atoms with van der Waals surface area (Å²) in [5.74, 6) is -1.03. The van der Waals surface area contributed by atoms with E-state index in [2.05, 4.69) is 10.1 Å². The molecule has 0 saturated carbocycles. The van der Waals surface area contributed by atoms with Crippen molar-refractivity contribution >= 4 is 24.2 Å². The van der Waals surface area contributed by atoms with E-state index in [4.69, 9.17) is 9.31 Å². The van der Waals surface area contributed by atoms with E-state index in [1.807, 2.05) is 27.7 Å². The molecule has 0 unspecified atom stereocenters. The van der Waals surface area contributed by atoms with Gasteiger partial charge in [-0.1, -0.05) is 6.07 Å². The first-order valence-corrected chi connectivity index (χ1v) is 7.34. The standard InChI is InChI=1S/C15H19BF3NO4/c1-9(21)20-11-7-6-10(8-12(11)22-15(17,18)19)16-23-13(2,3)14(4,5)24-16/h6-8H,1-5H3,(H,20,21). The van der Waals surface area contributed by atoms with Crippen molar-refractivity contribution in [2.75, 3.05) is 5.32 Å². The molecule has 0 radical (unpaired) electrons. The molecule has 1 fully saturated rings. The first-order valence-electron chi connectivity index (χ1n) is 7.34. The zero-order valence-corrected chi connectivity index (χ0v) is 14.1. The average molecular weight is 345 g/mol. The number of alkyl halides is 3. The van der Waals surface area contributed by atoms with Crippen molar-refractivity contribution in [3.05, 3.63) is 18.2 Å². The van der Waals surface area contributed by atoms with Crippen LogP contribution in [0.1, 0.15) is 34.6 Å². The Bertz CT molecular complexity index is 630. The van der Waals surface area contributed by atoms with Crippen LogP contribution in [0, 0.1) is 0 Å². The van der Waals surface area contributed by atoms with Crippen LogP contribution in [0.4, 0.5) is 18.9 Å². The third-order valence-corrected chi connectivity index (χ3v) is 4.07. The Balaban J connectivity index is 2.36. The summed E-state index contributed by atoms with van der Waals surface area (Å²) in [5, 5.41) is 2.30. The van der Waals surface area contributed by atoms with Gasteiger partial charge in [0.15, 0.2) is 5.75 Å². The van der Waals surface area contributed by atoms with Gasteiger partial charge in [-0.25, -0.2) is 0 Å². The Hall–Kier alpha value is -1.74. The average Bonchev–Trinajstić information content (AvgIpc) is 2.58. The lowest BCUT2D eigenvalue weighted by atomic mass is 9.79. The molecule has 0 bridgehead atoms. The number of carbonyl (C=O) groups excluding carboxylic acids is 1. The number of amides is 1. The summed E-state index contributed by atoms with van der Waals surface area (Å²) < 4.78 is 53.5. The van der Waals surface area contributed by atoms with E-state index in [-0.39, 0.29) is 5.69 Å². The number of anilines is 1. The fourth-order valence-corrected chi connectivity index (χ4v) is 2.17. The zero-order valence-electron chi connectivity index (χ0n) is 14.1. The molecule has 0 aromatic heterocycles. The second-order valence-electron chi connectivity index (χ2n) is 6.57. The Morgan fingerprint density at radius 1 is 1.17 bits per heavy atom. The maximum absolute atomic E-state index is 12.6. The van der Waals surface area contributed by atoms with Gasteiger partial charge < -0.3 is 19.4 Å². The normalized spacial score (nSPS) is 19.2. The summed E-state index contributed by atoms with van der Waals surface area (Å²) in [6, 6.07) is 4.00. The predicted octanol–water partition coefficient (Wildman–Crippen LogP) is 2.84. The van der Waals surface area contributed by atoms with Crippen LogP contribution in [0.5, 0.6) is 5.75 Å². The zero-order chi connectivity index (χ0) is 18.3. The highest BCUT2D eigenvalue weighted by molar-refractivity contribution is 6.62. The summed E-state index contributed by atoms with van der Waals surface area (Å²) in [6.45, 7) is 8.55. The highest BCUT2D eigenvalue weighted by Gasteiger charge is 2.51. The van der Waals surface area contributed by atoms with Crippen molar-refractivity contribution in [2.45, 2.75) is 52.2 Å². The van der Waals surface area contributed by atoms with Crippen molar-refractivity contribution in [1.29, 1.82) is 0 Å². The van der Waals surface area contributed by atoms with E-state index in [9.17, 15) is 18.0 Å². The fraction of sp³-hybridized carbons (Fsp3) is 0.533. The van der Waals surface area contributed by atoms with Gasteiger partial charge in [0, 0.05) is 6.92 Å². The van der Waals surface area contributed by atoms with E-state index < -0.39 is 36.3 Å². The SMILES string of the molecule is CC(=O)Nc1ccc(B2OC(C)(C)C(C)(C)O2)cc1OC(F)(F)F.